The summed E-state index contributed by atoms with van der Waals surface area (Å²) in [6.45, 7) is 3.75. The summed E-state index contributed by atoms with van der Waals surface area (Å²) < 4.78 is 27.2. The van der Waals surface area contributed by atoms with E-state index in [2.05, 4.69) is 5.32 Å². The van der Waals surface area contributed by atoms with Crippen LogP contribution in [-0.4, -0.2) is 29.8 Å². The van der Waals surface area contributed by atoms with Gasteiger partial charge in [0.1, 0.15) is 23.9 Å². The third-order valence-corrected chi connectivity index (χ3v) is 3.84. The van der Waals surface area contributed by atoms with E-state index in [0.717, 1.165) is 24.1 Å². The van der Waals surface area contributed by atoms with Crippen molar-refractivity contribution in [2.75, 3.05) is 18.4 Å². The third kappa shape index (κ3) is 4.62. The van der Waals surface area contributed by atoms with Crippen LogP contribution in [-0.2, 0) is 11.2 Å². The van der Waals surface area contributed by atoms with Gasteiger partial charge in [-0.05, 0) is 43.2 Å². The van der Waals surface area contributed by atoms with Crippen molar-refractivity contribution in [3.8, 4) is 0 Å². The van der Waals surface area contributed by atoms with Gasteiger partial charge in [0, 0.05) is 12.1 Å². The summed E-state index contributed by atoms with van der Waals surface area (Å²) >= 11 is 0. The van der Waals surface area contributed by atoms with Gasteiger partial charge in [0.15, 0.2) is 0 Å². The molecule has 2 aromatic carbocycles. The Bertz CT molecular complexity index is 740. The Hall–Kier alpha value is -2.76. The molecule has 0 saturated heterocycles. The molecule has 0 saturated carbocycles. The van der Waals surface area contributed by atoms with Gasteiger partial charge in [-0.2, -0.15) is 0 Å². The fourth-order valence-corrected chi connectivity index (χ4v) is 2.36. The number of hydrogen-bond donors (Lipinski definition) is 1. The van der Waals surface area contributed by atoms with Crippen LogP contribution in [0.5, 0.6) is 0 Å². The monoisotopic (exact) mass is 346 g/mol. The lowest BCUT2D eigenvalue weighted by Crippen LogP contribution is -2.38. The van der Waals surface area contributed by atoms with E-state index in [1.807, 2.05) is 19.1 Å². The number of likely N-dealkylation sites (N-methyl/N-ethyl adjacent to an activating group) is 1. The molecule has 0 radical (unpaired) electrons. The summed E-state index contributed by atoms with van der Waals surface area (Å²) in [4.78, 5) is 25.9. The summed E-state index contributed by atoms with van der Waals surface area (Å²) in [6, 6.07) is 10.4. The zero-order valence-corrected chi connectivity index (χ0v) is 14.2. The first kappa shape index (κ1) is 18.6. The van der Waals surface area contributed by atoms with Crippen molar-refractivity contribution in [2.24, 2.45) is 0 Å². The van der Waals surface area contributed by atoms with Crippen molar-refractivity contribution in [1.29, 1.82) is 0 Å². The first-order valence-electron chi connectivity index (χ1n) is 8.08. The van der Waals surface area contributed by atoms with Crippen molar-refractivity contribution in [3.05, 3.63) is 65.2 Å². The lowest BCUT2D eigenvalue weighted by atomic mass is 10.1. The molecule has 2 rings (SSSR count). The molecule has 0 atom stereocenters. The van der Waals surface area contributed by atoms with Gasteiger partial charge in [0.2, 0.25) is 5.91 Å². The van der Waals surface area contributed by atoms with Crippen LogP contribution in [0.15, 0.2) is 42.5 Å². The second-order valence-corrected chi connectivity index (χ2v) is 5.51. The zero-order chi connectivity index (χ0) is 18.4. The van der Waals surface area contributed by atoms with Gasteiger partial charge in [0.25, 0.3) is 5.91 Å². The number of rotatable bonds is 6. The molecule has 0 fully saturated rings. The number of para-hydroxylation sites is 1. The molecular weight excluding hydrogens is 326 g/mol. The Morgan fingerprint density at radius 1 is 1.00 bits per heavy atom. The maximum atomic E-state index is 13.6. The van der Waals surface area contributed by atoms with E-state index in [9.17, 15) is 18.4 Å². The van der Waals surface area contributed by atoms with E-state index in [0.29, 0.717) is 12.1 Å². The number of halogens is 2. The molecule has 1 N–H and O–H groups in total. The molecule has 0 aromatic heterocycles. The number of benzene rings is 2. The highest BCUT2D eigenvalue weighted by Gasteiger charge is 2.19. The first-order chi connectivity index (χ1) is 12.0. The lowest BCUT2D eigenvalue weighted by molar-refractivity contribution is -0.116. The summed E-state index contributed by atoms with van der Waals surface area (Å²) in [5, 5.41) is 2.19. The predicted molar refractivity (Wildman–Crippen MR) is 92.4 cm³/mol. The highest BCUT2D eigenvalue weighted by atomic mass is 19.1. The minimum absolute atomic E-state index is 0.293. The molecule has 0 bridgehead atoms. The molecule has 0 unspecified atom stereocenters. The molecule has 4 nitrogen and oxygen atoms in total. The molecular formula is C19H20F2N2O2. The van der Waals surface area contributed by atoms with Crippen LogP contribution in [0, 0.1) is 11.6 Å². The SMILES string of the molecule is CCc1ccc(C(=O)N(CC)CC(=O)Nc2c(F)cccc2F)cc1. The summed E-state index contributed by atoms with van der Waals surface area (Å²) in [7, 11) is 0. The van der Waals surface area contributed by atoms with Crippen LogP contribution in [0.2, 0.25) is 0 Å². The molecule has 132 valence electrons. The molecule has 0 aliphatic rings. The van der Waals surface area contributed by atoms with Gasteiger partial charge in [-0.25, -0.2) is 8.78 Å². The van der Waals surface area contributed by atoms with E-state index in [1.165, 1.54) is 11.0 Å². The first-order valence-corrected chi connectivity index (χ1v) is 8.08. The summed E-state index contributed by atoms with van der Waals surface area (Å²) in [6.07, 6.45) is 0.864. The van der Waals surface area contributed by atoms with Crippen LogP contribution in [0.1, 0.15) is 29.8 Å². The van der Waals surface area contributed by atoms with E-state index in [1.54, 1.807) is 19.1 Å². The van der Waals surface area contributed by atoms with Crippen molar-refractivity contribution in [1.82, 2.24) is 4.90 Å². The van der Waals surface area contributed by atoms with Crippen LogP contribution < -0.4 is 5.32 Å². The molecule has 2 aromatic rings. The predicted octanol–water partition coefficient (Wildman–Crippen LogP) is 3.63. The van der Waals surface area contributed by atoms with Gasteiger partial charge in [-0.3, -0.25) is 9.59 Å². The fraction of sp³-hybridized carbons (Fsp3) is 0.263. The van der Waals surface area contributed by atoms with Gasteiger partial charge in [-0.1, -0.05) is 25.1 Å². The lowest BCUT2D eigenvalue weighted by Gasteiger charge is -2.20. The number of carbonyl (C=O) groups excluding carboxylic acids is 2. The quantitative estimate of drug-likeness (QED) is 0.868. The molecule has 0 spiro atoms. The average Bonchev–Trinajstić information content (AvgIpc) is 2.62. The van der Waals surface area contributed by atoms with E-state index in [4.69, 9.17) is 0 Å². The Labute approximate surface area is 145 Å². The second kappa shape index (κ2) is 8.37. The van der Waals surface area contributed by atoms with Crippen molar-refractivity contribution in [3.63, 3.8) is 0 Å². The number of hydrogen-bond acceptors (Lipinski definition) is 2. The molecule has 0 heterocycles. The highest BCUT2D eigenvalue weighted by Crippen LogP contribution is 2.18. The third-order valence-electron chi connectivity index (χ3n) is 3.84. The van der Waals surface area contributed by atoms with E-state index in [-0.39, 0.29) is 12.5 Å². The zero-order valence-electron chi connectivity index (χ0n) is 14.2. The average molecular weight is 346 g/mol. The topological polar surface area (TPSA) is 49.4 Å². The summed E-state index contributed by atoms with van der Waals surface area (Å²) in [5.74, 6) is -2.70. The molecule has 2 amide bonds. The highest BCUT2D eigenvalue weighted by molar-refractivity contribution is 5.99. The van der Waals surface area contributed by atoms with Gasteiger partial charge in [-0.15, -0.1) is 0 Å². The Balaban J connectivity index is 2.07. The van der Waals surface area contributed by atoms with Crippen LogP contribution in [0.25, 0.3) is 0 Å². The van der Waals surface area contributed by atoms with Crippen molar-refractivity contribution in [2.45, 2.75) is 20.3 Å². The number of nitrogens with zero attached hydrogens (tertiary/aromatic N) is 1. The standard InChI is InChI=1S/C19H20F2N2O2/c1-3-13-8-10-14(11-9-13)19(25)23(4-2)12-17(24)22-18-15(20)6-5-7-16(18)21/h5-11H,3-4,12H2,1-2H3,(H,22,24). The van der Waals surface area contributed by atoms with Gasteiger partial charge < -0.3 is 10.2 Å². The second-order valence-electron chi connectivity index (χ2n) is 5.51. The number of carbonyl (C=O) groups is 2. The van der Waals surface area contributed by atoms with Crippen LogP contribution in [0.4, 0.5) is 14.5 Å². The fourth-order valence-electron chi connectivity index (χ4n) is 2.36. The Morgan fingerprint density at radius 2 is 1.60 bits per heavy atom. The number of anilines is 1. The Kier molecular flexibility index (Phi) is 6.22. The number of amides is 2. The Morgan fingerprint density at radius 3 is 2.12 bits per heavy atom. The summed E-state index contributed by atoms with van der Waals surface area (Å²) in [5.41, 5.74) is 1.06. The largest absolute Gasteiger partial charge is 0.330 e. The van der Waals surface area contributed by atoms with Crippen LogP contribution >= 0.6 is 0 Å². The van der Waals surface area contributed by atoms with Crippen molar-refractivity contribution < 1.29 is 18.4 Å². The minimum atomic E-state index is -0.863. The number of aryl methyl sites for hydroxylation is 1. The molecule has 6 heteroatoms. The minimum Gasteiger partial charge on any atom is -0.330 e. The van der Waals surface area contributed by atoms with Gasteiger partial charge >= 0.3 is 0 Å². The van der Waals surface area contributed by atoms with E-state index < -0.39 is 23.2 Å². The molecule has 0 aliphatic heterocycles. The molecule has 0 aliphatic carbocycles. The van der Waals surface area contributed by atoms with Crippen molar-refractivity contribution >= 4 is 17.5 Å². The van der Waals surface area contributed by atoms with Gasteiger partial charge in [0.05, 0.1) is 0 Å². The maximum absolute atomic E-state index is 13.6. The number of nitrogens with one attached hydrogen (secondary N) is 1. The molecule has 25 heavy (non-hydrogen) atoms. The smallest absolute Gasteiger partial charge is 0.254 e. The maximum Gasteiger partial charge on any atom is 0.254 e. The van der Waals surface area contributed by atoms with E-state index >= 15 is 0 Å². The normalized spacial score (nSPS) is 10.4. The van der Waals surface area contributed by atoms with Crippen LogP contribution in [0.3, 0.4) is 0 Å².